The van der Waals surface area contributed by atoms with E-state index in [0.717, 1.165) is 20.9 Å². The molecule has 3 nitrogen and oxygen atoms in total. The van der Waals surface area contributed by atoms with E-state index in [1.807, 2.05) is 32.0 Å². The number of hydrogen-bond donors (Lipinski definition) is 1. The van der Waals surface area contributed by atoms with Gasteiger partial charge in [0.25, 0.3) is 0 Å². The van der Waals surface area contributed by atoms with E-state index in [9.17, 15) is 4.21 Å². The van der Waals surface area contributed by atoms with Crippen LogP contribution in [0.25, 0.3) is 10.9 Å². The lowest BCUT2D eigenvalue weighted by Gasteiger charge is -2.25. The van der Waals surface area contributed by atoms with Crippen molar-refractivity contribution in [3.8, 4) is 0 Å². The molecule has 0 saturated carbocycles. The van der Waals surface area contributed by atoms with Gasteiger partial charge in [0.2, 0.25) is 0 Å². The molecule has 0 bridgehead atoms. The average molecular weight is 390 g/mol. The monoisotopic (exact) mass is 388 g/mol. The second-order valence-corrected chi connectivity index (χ2v) is 8.75. The molecule has 0 amide bonds. The van der Waals surface area contributed by atoms with Crippen LogP contribution in [-0.2, 0) is 11.0 Å². The van der Waals surface area contributed by atoms with E-state index in [0.29, 0.717) is 11.6 Å². The zero-order valence-electron chi connectivity index (χ0n) is 12.2. The zero-order chi connectivity index (χ0) is 15.8. The van der Waals surface area contributed by atoms with Crippen molar-refractivity contribution in [3.63, 3.8) is 0 Å². The highest BCUT2D eigenvalue weighted by atomic mass is 79.9. The molecule has 0 aliphatic heterocycles. The maximum absolute atomic E-state index is 11.6. The van der Waals surface area contributed by atoms with Crippen LogP contribution in [0.2, 0.25) is 5.15 Å². The third-order valence-corrected chi connectivity index (χ3v) is 5.85. The van der Waals surface area contributed by atoms with Crippen molar-refractivity contribution >= 4 is 49.4 Å². The molecule has 114 valence electrons. The van der Waals surface area contributed by atoms with Crippen molar-refractivity contribution in [1.29, 1.82) is 0 Å². The Kier molecular flexibility index (Phi) is 5.08. The van der Waals surface area contributed by atoms with Gasteiger partial charge >= 0.3 is 0 Å². The van der Waals surface area contributed by atoms with Crippen LogP contribution in [0.5, 0.6) is 0 Å². The minimum Gasteiger partial charge on any atom is -0.251 e. The number of benzene rings is 1. The molecule has 21 heavy (non-hydrogen) atoms. The summed E-state index contributed by atoms with van der Waals surface area (Å²) < 4.78 is 12.1. The molecule has 1 aromatic carbocycles. The summed E-state index contributed by atoms with van der Waals surface area (Å²) in [6.07, 6.45) is 0.678. The van der Waals surface area contributed by atoms with Gasteiger partial charge in [-0.15, -0.1) is 0 Å². The molecule has 2 N–H and O–H groups in total. The first kappa shape index (κ1) is 16.9. The number of fused-ring (bicyclic) bond motifs is 1. The van der Waals surface area contributed by atoms with E-state index in [1.54, 1.807) is 0 Å². The molecule has 0 radical (unpaired) electrons. The third-order valence-electron chi connectivity index (χ3n) is 3.65. The Bertz CT molecular complexity index is 705. The van der Waals surface area contributed by atoms with Crippen LogP contribution < -0.4 is 5.14 Å². The van der Waals surface area contributed by atoms with Crippen LogP contribution in [0, 0.1) is 0 Å². The van der Waals surface area contributed by atoms with Crippen LogP contribution in [-0.4, -0.2) is 13.9 Å². The molecular weight excluding hydrogens is 372 g/mol. The fourth-order valence-electron chi connectivity index (χ4n) is 2.43. The smallest absolute Gasteiger partial charge is 0.133 e. The fourth-order valence-corrected chi connectivity index (χ4v) is 3.64. The highest BCUT2D eigenvalue weighted by molar-refractivity contribution is 9.10. The molecular formula is C15H18BrClN2OS. The number of hydrogen-bond acceptors (Lipinski definition) is 2. The number of pyridine rings is 1. The van der Waals surface area contributed by atoms with Gasteiger partial charge in [-0.25, -0.2) is 9.19 Å². The molecule has 2 atom stereocenters. The van der Waals surface area contributed by atoms with E-state index in [-0.39, 0.29) is 5.92 Å². The molecule has 1 aromatic heterocycles. The summed E-state index contributed by atoms with van der Waals surface area (Å²) in [7, 11) is -1.38. The number of aromatic nitrogens is 1. The van der Waals surface area contributed by atoms with Gasteiger partial charge in [-0.3, -0.25) is 5.14 Å². The molecule has 0 saturated heterocycles. The lowest BCUT2D eigenvalue weighted by Crippen LogP contribution is -2.33. The molecule has 6 heteroatoms. The Labute approximate surface area is 141 Å². The first-order chi connectivity index (χ1) is 9.72. The van der Waals surface area contributed by atoms with Gasteiger partial charge in [-0.2, -0.15) is 0 Å². The summed E-state index contributed by atoms with van der Waals surface area (Å²) in [5.41, 5.74) is 1.81. The summed E-state index contributed by atoms with van der Waals surface area (Å²) in [4.78, 5) is 4.48. The van der Waals surface area contributed by atoms with Gasteiger partial charge in [0, 0.05) is 9.86 Å². The second-order valence-electron chi connectivity index (χ2n) is 5.84. The van der Waals surface area contributed by atoms with Crippen LogP contribution in [0.15, 0.2) is 28.7 Å². The molecule has 2 aromatic rings. The lowest BCUT2D eigenvalue weighted by atomic mass is 9.91. The molecule has 0 spiro atoms. The highest BCUT2D eigenvalue weighted by Gasteiger charge is 2.28. The van der Waals surface area contributed by atoms with Crippen LogP contribution >= 0.6 is 27.5 Å². The number of nitrogens with zero attached hydrogens (tertiary/aromatic N) is 1. The first-order valence-corrected chi connectivity index (χ1v) is 9.01. The minimum absolute atomic E-state index is 0.121. The van der Waals surface area contributed by atoms with Gasteiger partial charge < -0.3 is 0 Å². The van der Waals surface area contributed by atoms with Crippen molar-refractivity contribution < 1.29 is 4.21 Å². The summed E-state index contributed by atoms with van der Waals surface area (Å²) in [5, 5.41) is 7.08. The maximum Gasteiger partial charge on any atom is 0.133 e. The molecule has 2 rings (SSSR count). The Morgan fingerprint density at radius 3 is 2.76 bits per heavy atom. The van der Waals surface area contributed by atoms with Gasteiger partial charge in [-0.05, 0) is 59.8 Å². The summed E-state index contributed by atoms with van der Waals surface area (Å²) in [6.45, 7) is 5.86. The quantitative estimate of drug-likeness (QED) is 0.780. The van der Waals surface area contributed by atoms with E-state index in [1.165, 1.54) is 0 Å². The summed E-state index contributed by atoms with van der Waals surface area (Å²) in [5.74, 6) is 0.121. The molecule has 0 fully saturated rings. The normalized spacial score (nSPS) is 15.1. The van der Waals surface area contributed by atoms with Crippen molar-refractivity contribution in [3.05, 3.63) is 39.5 Å². The van der Waals surface area contributed by atoms with Crippen molar-refractivity contribution in [2.45, 2.75) is 37.9 Å². The SMILES string of the molecule is C[C@@H](CC(C)(C)S(N)=O)c1cc2cccc(Br)c2nc1Cl. The number of nitrogens with two attached hydrogens (primary N) is 1. The highest BCUT2D eigenvalue weighted by Crippen LogP contribution is 2.34. The Hall–Kier alpha value is -0.490. The topological polar surface area (TPSA) is 56.0 Å². The first-order valence-electron chi connectivity index (χ1n) is 6.63. The van der Waals surface area contributed by atoms with Gasteiger partial charge in [0.05, 0.1) is 21.2 Å². The Morgan fingerprint density at radius 2 is 2.14 bits per heavy atom. The van der Waals surface area contributed by atoms with Crippen molar-refractivity contribution in [2.24, 2.45) is 5.14 Å². The minimum atomic E-state index is -1.38. The second kappa shape index (κ2) is 6.32. The van der Waals surface area contributed by atoms with E-state index < -0.39 is 15.7 Å². The van der Waals surface area contributed by atoms with E-state index in [4.69, 9.17) is 16.7 Å². The van der Waals surface area contributed by atoms with Crippen LogP contribution in [0.3, 0.4) is 0 Å². The third kappa shape index (κ3) is 3.65. The Balaban J connectivity index is 2.42. The van der Waals surface area contributed by atoms with Crippen molar-refractivity contribution in [1.82, 2.24) is 4.98 Å². The standard InChI is InChI=1S/C15H18BrClN2OS/c1-9(8-15(2,3)21(18)20)11-7-10-5-4-6-12(16)13(10)19-14(11)17/h4-7,9H,8,18H2,1-3H3/t9-,21?/m0/s1. The summed E-state index contributed by atoms with van der Waals surface area (Å²) in [6, 6.07) is 7.96. The largest absolute Gasteiger partial charge is 0.251 e. The van der Waals surface area contributed by atoms with E-state index in [2.05, 4.69) is 33.9 Å². The van der Waals surface area contributed by atoms with Crippen LogP contribution in [0.4, 0.5) is 0 Å². The molecule has 1 unspecified atom stereocenters. The van der Waals surface area contributed by atoms with Gasteiger partial charge in [0.1, 0.15) is 5.15 Å². The zero-order valence-corrected chi connectivity index (χ0v) is 15.3. The predicted octanol–water partition coefficient (Wildman–Crippen LogP) is 4.55. The molecule has 0 aliphatic rings. The van der Waals surface area contributed by atoms with Crippen molar-refractivity contribution in [2.75, 3.05) is 0 Å². The average Bonchev–Trinajstić information content (AvgIpc) is 2.38. The number of halogens is 2. The van der Waals surface area contributed by atoms with E-state index >= 15 is 0 Å². The van der Waals surface area contributed by atoms with Gasteiger partial charge in [-0.1, -0.05) is 30.7 Å². The summed E-state index contributed by atoms with van der Waals surface area (Å²) >= 11 is 9.82. The number of rotatable bonds is 4. The Morgan fingerprint density at radius 1 is 1.48 bits per heavy atom. The lowest BCUT2D eigenvalue weighted by molar-refractivity contribution is 0.540. The number of para-hydroxylation sites is 1. The fraction of sp³-hybridized carbons (Fsp3) is 0.400. The molecule has 1 heterocycles. The predicted molar refractivity (Wildman–Crippen MR) is 93.9 cm³/mol. The molecule has 0 aliphatic carbocycles. The van der Waals surface area contributed by atoms with Crippen LogP contribution in [0.1, 0.15) is 38.7 Å². The maximum atomic E-state index is 11.6. The van der Waals surface area contributed by atoms with Gasteiger partial charge in [0.15, 0.2) is 0 Å².